The number of para-hydroxylation sites is 1. The lowest BCUT2D eigenvalue weighted by Crippen LogP contribution is -2.31. The van der Waals surface area contributed by atoms with Crippen LogP contribution < -0.4 is 5.32 Å². The molecule has 1 aliphatic rings. The lowest BCUT2D eigenvalue weighted by Gasteiger charge is -2.11. The number of hydrogen-bond donors (Lipinski definition) is 3. The Kier molecular flexibility index (Phi) is 4.33. The molecule has 3 rings (SSSR count). The molecule has 1 aliphatic heterocycles. The van der Waals surface area contributed by atoms with E-state index in [0.29, 0.717) is 12.1 Å². The SMILES string of the molecule is CC(=Nc1ccccc1)C1=C(O)C(Cc2ccc(O)cc2)NC1=O. The second-order valence-corrected chi connectivity index (χ2v) is 5.69. The van der Waals surface area contributed by atoms with Gasteiger partial charge in [-0.3, -0.25) is 9.79 Å². The number of aliphatic imine (C=N–C) groups is 1. The van der Waals surface area contributed by atoms with Gasteiger partial charge in [0.2, 0.25) is 0 Å². The first-order valence-electron chi connectivity index (χ1n) is 7.67. The van der Waals surface area contributed by atoms with Crippen LogP contribution in [0.25, 0.3) is 0 Å². The fourth-order valence-corrected chi connectivity index (χ4v) is 2.71. The standard InChI is InChI=1S/C19H18N2O3/c1-12(20-14-5-3-2-4-6-14)17-18(23)16(21-19(17)24)11-13-7-9-15(22)10-8-13/h2-10,16,22-23H,11H2,1H3,(H,21,24). The van der Waals surface area contributed by atoms with Crippen LogP contribution in [-0.4, -0.2) is 27.9 Å². The molecule has 1 atom stereocenters. The van der Waals surface area contributed by atoms with E-state index in [1.54, 1.807) is 31.2 Å². The summed E-state index contributed by atoms with van der Waals surface area (Å²) in [6.07, 6.45) is 0.444. The monoisotopic (exact) mass is 322 g/mol. The van der Waals surface area contributed by atoms with Gasteiger partial charge in [-0.1, -0.05) is 30.3 Å². The highest BCUT2D eigenvalue weighted by Crippen LogP contribution is 2.22. The second-order valence-electron chi connectivity index (χ2n) is 5.69. The molecule has 1 heterocycles. The molecule has 0 fully saturated rings. The highest BCUT2D eigenvalue weighted by Gasteiger charge is 2.33. The maximum absolute atomic E-state index is 12.2. The zero-order valence-electron chi connectivity index (χ0n) is 13.2. The maximum atomic E-state index is 12.2. The Morgan fingerprint density at radius 3 is 2.42 bits per heavy atom. The third-order valence-corrected chi connectivity index (χ3v) is 3.91. The number of phenols is 1. The molecule has 0 aliphatic carbocycles. The molecule has 2 aromatic rings. The quantitative estimate of drug-likeness (QED) is 0.757. The Morgan fingerprint density at radius 1 is 1.08 bits per heavy atom. The molecular formula is C19H18N2O3. The van der Waals surface area contributed by atoms with Gasteiger partial charge in [-0.2, -0.15) is 0 Å². The van der Waals surface area contributed by atoms with Crippen LogP contribution in [0.2, 0.25) is 0 Å². The molecule has 3 N–H and O–H groups in total. The Bertz CT molecular complexity index is 808. The summed E-state index contributed by atoms with van der Waals surface area (Å²) in [5.74, 6) is -0.140. The summed E-state index contributed by atoms with van der Waals surface area (Å²) in [4.78, 5) is 16.6. The van der Waals surface area contributed by atoms with Crippen molar-refractivity contribution in [1.29, 1.82) is 0 Å². The number of aliphatic hydroxyl groups excluding tert-OH is 1. The first kappa shape index (κ1) is 15.8. The topological polar surface area (TPSA) is 81.9 Å². The van der Waals surface area contributed by atoms with Crippen molar-refractivity contribution in [3.8, 4) is 5.75 Å². The number of carbonyl (C=O) groups excluding carboxylic acids is 1. The van der Waals surface area contributed by atoms with Crippen LogP contribution in [0.5, 0.6) is 5.75 Å². The summed E-state index contributed by atoms with van der Waals surface area (Å²) in [6, 6.07) is 15.5. The van der Waals surface area contributed by atoms with Crippen molar-refractivity contribution in [3.05, 3.63) is 71.5 Å². The fourth-order valence-electron chi connectivity index (χ4n) is 2.71. The minimum atomic E-state index is -0.488. The Morgan fingerprint density at radius 2 is 1.75 bits per heavy atom. The van der Waals surface area contributed by atoms with E-state index in [-0.39, 0.29) is 23.0 Å². The lowest BCUT2D eigenvalue weighted by atomic mass is 10.0. The van der Waals surface area contributed by atoms with Gasteiger partial charge in [0, 0.05) is 0 Å². The summed E-state index contributed by atoms with van der Waals surface area (Å²) in [7, 11) is 0. The summed E-state index contributed by atoms with van der Waals surface area (Å²) in [5, 5.41) is 22.5. The zero-order chi connectivity index (χ0) is 17.1. The third-order valence-electron chi connectivity index (χ3n) is 3.91. The van der Waals surface area contributed by atoms with E-state index in [2.05, 4.69) is 10.3 Å². The Balaban J connectivity index is 1.84. The van der Waals surface area contributed by atoms with E-state index >= 15 is 0 Å². The molecule has 1 unspecified atom stereocenters. The van der Waals surface area contributed by atoms with Crippen molar-refractivity contribution in [2.75, 3.05) is 0 Å². The van der Waals surface area contributed by atoms with Crippen LogP contribution in [0.4, 0.5) is 5.69 Å². The molecule has 1 amide bonds. The number of amides is 1. The third kappa shape index (κ3) is 3.30. The molecule has 0 aromatic heterocycles. The molecule has 0 saturated carbocycles. The number of carbonyl (C=O) groups is 1. The van der Waals surface area contributed by atoms with Crippen LogP contribution in [0, 0.1) is 0 Å². The predicted molar refractivity (Wildman–Crippen MR) is 92.6 cm³/mol. The number of benzene rings is 2. The summed E-state index contributed by atoms with van der Waals surface area (Å²) >= 11 is 0. The zero-order valence-corrected chi connectivity index (χ0v) is 13.2. The van der Waals surface area contributed by atoms with Crippen LogP contribution in [0.3, 0.4) is 0 Å². The number of nitrogens with zero attached hydrogens (tertiary/aromatic N) is 1. The first-order valence-corrected chi connectivity index (χ1v) is 7.67. The lowest BCUT2D eigenvalue weighted by molar-refractivity contribution is -0.116. The van der Waals surface area contributed by atoms with E-state index in [0.717, 1.165) is 11.3 Å². The van der Waals surface area contributed by atoms with Gasteiger partial charge in [-0.05, 0) is 43.2 Å². The van der Waals surface area contributed by atoms with Gasteiger partial charge in [0.05, 0.1) is 17.4 Å². The van der Waals surface area contributed by atoms with Gasteiger partial charge in [-0.25, -0.2) is 0 Å². The molecular weight excluding hydrogens is 304 g/mol. The van der Waals surface area contributed by atoms with E-state index in [4.69, 9.17) is 0 Å². The fraction of sp³-hybridized carbons (Fsp3) is 0.158. The van der Waals surface area contributed by atoms with Crippen LogP contribution in [0.15, 0.2) is 70.9 Å². The minimum Gasteiger partial charge on any atom is -0.509 e. The van der Waals surface area contributed by atoms with Crippen LogP contribution in [0.1, 0.15) is 12.5 Å². The smallest absolute Gasteiger partial charge is 0.257 e. The number of aliphatic hydroxyl groups is 1. The maximum Gasteiger partial charge on any atom is 0.257 e. The van der Waals surface area contributed by atoms with Gasteiger partial charge in [0.1, 0.15) is 17.1 Å². The molecule has 122 valence electrons. The minimum absolute atomic E-state index is 0.00487. The summed E-state index contributed by atoms with van der Waals surface area (Å²) in [5.41, 5.74) is 2.33. The van der Waals surface area contributed by atoms with Gasteiger partial charge in [0.15, 0.2) is 0 Å². The van der Waals surface area contributed by atoms with Crippen molar-refractivity contribution >= 4 is 17.3 Å². The van der Waals surface area contributed by atoms with Gasteiger partial charge < -0.3 is 15.5 Å². The summed E-state index contributed by atoms with van der Waals surface area (Å²) < 4.78 is 0. The molecule has 5 nitrogen and oxygen atoms in total. The second kappa shape index (κ2) is 6.58. The van der Waals surface area contributed by atoms with E-state index in [1.807, 2.05) is 30.3 Å². The molecule has 24 heavy (non-hydrogen) atoms. The van der Waals surface area contributed by atoms with Gasteiger partial charge in [0.25, 0.3) is 5.91 Å². The first-order chi connectivity index (χ1) is 11.5. The van der Waals surface area contributed by atoms with E-state index in [9.17, 15) is 15.0 Å². The van der Waals surface area contributed by atoms with Crippen LogP contribution in [-0.2, 0) is 11.2 Å². The average molecular weight is 322 g/mol. The van der Waals surface area contributed by atoms with Crippen molar-refractivity contribution in [2.45, 2.75) is 19.4 Å². The van der Waals surface area contributed by atoms with Gasteiger partial charge >= 0.3 is 0 Å². The van der Waals surface area contributed by atoms with E-state index in [1.165, 1.54) is 0 Å². The van der Waals surface area contributed by atoms with E-state index < -0.39 is 6.04 Å². The molecule has 0 spiro atoms. The predicted octanol–water partition coefficient (Wildman–Crippen LogP) is 3.04. The van der Waals surface area contributed by atoms with Crippen molar-refractivity contribution in [2.24, 2.45) is 4.99 Å². The number of hydrogen-bond acceptors (Lipinski definition) is 4. The van der Waals surface area contributed by atoms with Crippen molar-refractivity contribution < 1.29 is 15.0 Å². The molecule has 2 aromatic carbocycles. The molecule has 0 bridgehead atoms. The molecule has 0 radical (unpaired) electrons. The number of phenolic OH excluding ortho intramolecular Hbond substituents is 1. The summed E-state index contributed by atoms with van der Waals surface area (Å²) in [6.45, 7) is 1.71. The van der Waals surface area contributed by atoms with Crippen LogP contribution >= 0.6 is 0 Å². The average Bonchev–Trinajstić information content (AvgIpc) is 2.84. The van der Waals surface area contributed by atoms with Gasteiger partial charge in [-0.15, -0.1) is 0 Å². The Hall–Kier alpha value is -3.08. The molecule has 5 heteroatoms. The number of rotatable bonds is 4. The van der Waals surface area contributed by atoms with Crippen molar-refractivity contribution in [3.63, 3.8) is 0 Å². The normalized spacial score (nSPS) is 18.0. The van der Waals surface area contributed by atoms with Crippen molar-refractivity contribution in [1.82, 2.24) is 5.32 Å². The Labute approximate surface area is 140 Å². The molecule has 0 saturated heterocycles. The highest BCUT2D eigenvalue weighted by molar-refractivity contribution is 6.23. The largest absolute Gasteiger partial charge is 0.509 e. The number of aromatic hydroxyl groups is 1. The number of nitrogens with one attached hydrogen (secondary N) is 1. The highest BCUT2D eigenvalue weighted by atomic mass is 16.3.